The first-order chi connectivity index (χ1) is 6.47. The van der Waals surface area contributed by atoms with E-state index in [0.717, 1.165) is 10.5 Å². The highest BCUT2D eigenvalue weighted by molar-refractivity contribution is 14.1. The molecule has 0 saturated heterocycles. The molecule has 14 heavy (non-hydrogen) atoms. The van der Waals surface area contributed by atoms with Gasteiger partial charge in [0.05, 0.1) is 7.11 Å². The van der Waals surface area contributed by atoms with Crippen LogP contribution >= 0.6 is 22.6 Å². The van der Waals surface area contributed by atoms with Gasteiger partial charge in [-0.1, -0.05) is 0 Å². The van der Waals surface area contributed by atoms with Crippen molar-refractivity contribution in [3.8, 4) is 11.5 Å². The molecule has 0 saturated carbocycles. The molecule has 78 valence electrons. The molecule has 1 rings (SSSR count). The lowest BCUT2D eigenvalue weighted by Gasteiger charge is -2.01. The molecule has 0 radical (unpaired) electrons. The fourth-order valence-electron chi connectivity index (χ4n) is 0.663. The van der Waals surface area contributed by atoms with Crippen LogP contribution in [-0.2, 0) is 4.79 Å². The number of phenolic OH excluding ortho intramolecular Hbond substituents is 1. The summed E-state index contributed by atoms with van der Waals surface area (Å²) in [6.07, 6.45) is 0. The molecular formula is C9H11IO4. The van der Waals surface area contributed by atoms with Gasteiger partial charge in [0.1, 0.15) is 0 Å². The number of aromatic hydroxyl groups is 1. The predicted molar refractivity (Wildman–Crippen MR) is 60.7 cm³/mol. The number of carbonyl (C=O) groups is 1. The van der Waals surface area contributed by atoms with E-state index in [4.69, 9.17) is 19.7 Å². The van der Waals surface area contributed by atoms with Gasteiger partial charge in [-0.15, -0.1) is 0 Å². The number of phenols is 1. The van der Waals surface area contributed by atoms with Crippen LogP contribution in [0.3, 0.4) is 0 Å². The van der Waals surface area contributed by atoms with E-state index in [1.165, 1.54) is 7.11 Å². The number of benzene rings is 1. The van der Waals surface area contributed by atoms with Gasteiger partial charge >= 0.3 is 0 Å². The highest BCUT2D eigenvalue weighted by atomic mass is 127. The second-order valence-electron chi connectivity index (χ2n) is 2.34. The summed E-state index contributed by atoms with van der Waals surface area (Å²) in [6.45, 7) is 1.08. The van der Waals surface area contributed by atoms with Crippen LogP contribution < -0.4 is 4.74 Å². The Labute approximate surface area is 95.7 Å². The Bertz CT molecular complexity index is 308. The highest BCUT2D eigenvalue weighted by Gasteiger charge is 1.98. The van der Waals surface area contributed by atoms with Gasteiger partial charge in [-0.2, -0.15) is 0 Å². The van der Waals surface area contributed by atoms with E-state index in [-0.39, 0.29) is 5.75 Å². The van der Waals surface area contributed by atoms with Crippen LogP contribution in [0.1, 0.15) is 6.92 Å². The fraction of sp³-hybridized carbons (Fsp3) is 0.222. The maximum Gasteiger partial charge on any atom is 0.300 e. The van der Waals surface area contributed by atoms with Gasteiger partial charge in [-0.3, -0.25) is 4.79 Å². The van der Waals surface area contributed by atoms with Crippen LogP contribution in [0.25, 0.3) is 0 Å². The Balaban J connectivity index is 0.000000364. The summed E-state index contributed by atoms with van der Waals surface area (Å²) >= 11 is 2.12. The molecule has 1 aromatic carbocycles. The third-order valence-corrected chi connectivity index (χ3v) is 1.81. The summed E-state index contributed by atoms with van der Waals surface area (Å²) in [4.78, 5) is 9.00. The number of ether oxygens (including phenoxy) is 1. The number of methoxy groups -OCH3 is 1. The average molecular weight is 310 g/mol. The Kier molecular flexibility index (Phi) is 6.02. The summed E-state index contributed by atoms with van der Waals surface area (Å²) in [7, 11) is 1.53. The molecule has 0 heterocycles. The van der Waals surface area contributed by atoms with Gasteiger partial charge in [0.15, 0.2) is 11.5 Å². The fourth-order valence-corrected chi connectivity index (χ4v) is 1.14. The Morgan fingerprint density at radius 2 is 2.00 bits per heavy atom. The first kappa shape index (κ1) is 13.0. The lowest BCUT2D eigenvalue weighted by atomic mass is 10.3. The topological polar surface area (TPSA) is 66.8 Å². The van der Waals surface area contributed by atoms with Gasteiger partial charge in [-0.05, 0) is 40.8 Å². The smallest absolute Gasteiger partial charge is 0.300 e. The van der Waals surface area contributed by atoms with Crippen LogP contribution in [0.5, 0.6) is 11.5 Å². The molecule has 0 atom stereocenters. The number of carboxylic acid groups (broad SMARTS) is 1. The van der Waals surface area contributed by atoms with Crippen molar-refractivity contribution >= 4 is 28.6 Å². The largest absolute Gasteiger partial charge is 0.504 e. The maximum atomic E-state index is 9.16. The van der Waals surface area contributed by atoms with Crippen LogP contribution in [-0.4, -0.2) is 23.3 Å². The van der Waals surface area contributed by atoms with Crippen molar-refractivity contribution in [1.29, 1.82) is 0 Å². The summed E-state index contributed by atoms with van der Waals surface area (Å²) in [5.41, 5.74) is 0. The minimum Gasteiger partial charge on any atom is -0.504 e. The van der Waals surface area contributed by atoms with Crippen LogP contribution in [0.15, 0.2) is 18.2 Å². The van der Waals surface area contributed by atoms with E-state index >= 15 is 0 Å². The van der Waals surface area contributed by atoms with Crippen LogP contribution in [0, 0.1) is 3.57 Å². The standard InChI is InChI=1S/C7H7IO2.C2H4O2/c1-10-7-3-2-5(8)4-6(7)9;1-2(3)4/h2-4,9H,1H3;1H3,(H,3,4). The maximum absolute atomic E-state index is 9.16. The SMILES string of the molecule is CC(=O)O.COc1ccc(I)cc1O. The molecule has 0 aromatic heterocycles. The summed E-state index contributed by atoms with van der Waals surface area (Å²) in [5.74, 6) is -0.130. The Morgan fingerprint density at radius 3 is 2.36 bits per heavy atom. The molecule has 0 unspecified atom stereocenters. The van der Waals surface area contributed by atoms with E-state index in [0.29, 0.717) is 5.75 Å². The van der Waals surface area contributed by atoms with Crippen molar-refractivity contribution in [3.05, 3.63) is 21.8 Å². The lowest BCUT2D eigenvalue weighted by molar-refractivity contribution is -0.134. The first-order valence-electron chi connectivity index (χ1n) is 3.69. The second kappa shape index (κ2) is 6.47. The highest BCUT2D eigenvalue weighted by Crippen LogP contribution is 2.26. The van der Waals surface area contributed by atoms with Gasteiger partial charge in [0.2, 0.25) is 0 Å². The van der Waals surface area contributed by atoms with Crippen LogP contribution in [0.4, 0.5) is 0 Å². The zero-order chi connectivity index (χ0) is 11.1. The minimum absolute atomic E-state index is 0.189. The summed E-state index contributed by atoms with van der Waals surface area (Å²) < 4.78 is 5.84. The molecule has 1 aromatic rings. The molecule has 0 aliphatic heterocycles. The van der Waals surface area contributed by atoms with E-state index in [2.05, 4.69) is 22.6 Å². The van der Waals surface area contributed by atoms with E-state index in [9.17, 15) is 0 Å². The number of hydrogen-bond donors (Lipinski definition) is 2. The number of rotatable bonds is 1. The molecule has 0 spiro atoms. The zero-order valence-electron chi connectivity index (χ0n) is 7.82. The molecular weight excluding hydrogens is 299 g/mol. The van der Waals surface area contributed by atoms with Gasteiger partial charge < -0.3 is 14.9 Å². The number of halogens is 1. The molecule has 5 heteroatoms. The number of carboxylic acids is 1. The predicted octanol–water partition coefficient (Wildman–Crippen LogP) is 2.10. The first-order valence-corrected chi connectivity index (χ1v) is 4.77. The van der Waals surface area contributed by atoms with Gasteiger partial charge in [-0.25, -0.2) is 0 Å². The molecule has 0 fully saturated rings. The van der Waals surface area contributed by atoms with Crippen molar-refractivity contribution in [2.75, 3.05) is 7.11 Å². The zero-order valence-corrected chi connectivity index (χ0v) is 9.98. The van der Waals surface area contributed by atoms with E-state index < -0.39 is 5.97 Å². The minimum atomic E-state index is -0.833. The Hall–Kier alpha value is -0.980. The van der Waals surface area contributed by atoms with Gasteiger partial charge in [0, 0.05) is 10.5 Å². The quantitative estimate of drug-likeness (QED) is 0.780. The molecule has 2 N–H and O–H groups in total. The van der Waals surface area contributed by atoms with Crippen molar-refractivity contribution < 1.29 is 19.7 Å². The van der Waals surface area contributed by atoms with Crippen LogP contribution in [0.2, 0.25) is 0 Å². The summed E-state index contributed by atoms with van der Waals surface area (Å²) in [5, 5.41) is 16.6. The van der Waals surface area contributed by atoms with Crippen molar-refractivity contribution in [3.63, 3.8) is 0 Å². The second-order valence-corrected chi connectivity index (χ2v) is 3.58. The van der Waals surface area contributed by atoms with Crippen molar-refractivity contribution in [2.45, 2.75) is 6.92 Å². The third kappa shape index (κ3) is 5.63. The third-order valence-electron chi connectivity index (χ3n) is 1.14. The molecule has 0 aliphatic carbocycles. The molecule has 0 bridgehead atoms. The lowest BCUT2D eigenvalue weighted by Crippen LogP contribution is -1.82. The number of aliphatic carboxylic acids is 1. The molecule has 4 nitrogen and oxygen atoms in total. The molecule has 0 aliphatic rings. The number of hydrogen-bond acceptors (Lipinski definition) is 3. The molecule has 0 amide bonds. The average Bonchev–Trinajstić information content (AvgIpc) is 2.03. The van der Waals surface area contributed by atoms with Crippen molar-refractivity contribution in [2.24, 2.45) is 0 Å². The van der Waals surface area contributed by atoms with E-state index in [1.54, 1.807) is 12.1 Å². The summed E-state index contributed by atoms with van der Waals surface area (Å²) in [6, 6.07) is 5.26. The Morgan fingerprint density at radius 1 is 1.50 bits per heavy atom. The van der Waals surface area contributed by atoms with Crippen molar-refractivity contribution in [1.82, 2.24) is 0 Å². The monoisotopic (exact) mass is 310 g/mol. The van der Waals surface area contributed by atoms with E-state index in [1.807, 2.05) is 6.07 Å². The normalized spacial score (nSPS) is 8.50. The van der Waals surface area contributed by atoms with Gasteiger partial charge in [0.25, 0.3) is 5.97 Å².